The van der Waals surface area contributed by atoms with Crippen LogP contribution in [0.1, 0.15) is 5.56 Å². The van der Waals surface area contributed by atoms with Crippen molar-refractivity contribution < 1.29 is 8.42 Å². The number of hydrogen-bond acceptors (Lipinski definition) is 3. The van der Waals surface area contributed by atoms with Gasteiger partial charge in [0.05, 0.1) is 10.6 Å². The van der Waals surface area contributed by atoms with Crippen LogP contribution in [0.15, 0.2) is 46.2 Å². The maximum Gasteiger partial charge on any atom is 0.261 e. The van der Waals surface area contributed by atoms with E-state index in [1.165, 1.54) is 35.0 Å². The molecule has 0 saturated heterocycles. The van der Waals surface area contributed by atoms with Crippen molar-refractivity contribution in [3.8, 4) is 0 Å². The number of aromatic nitrogens is 1. The summed E-state index contributed by atoms with van der Waals surface area (Å²) in [5.41, 5.74) is 0.892. The number of anilines is 1. The number of benzene rings is 1. The monoisotopic (exact) mass is 312 g/mol. The SMILES string of the molecule is Cc1ccc(S(=O)(=O)Nc2ccc(=O)n(C)c2)cc1Cl. The topological polar surface area (TPSA) is 68.2 Å². The predicted molar refractivity (Wildman–Crippen MR) is 78.7 cm³/mol. The molecule has 1 aromatic heterocycles. The van der Waals surface area contributed by atoms with Gasteiger partial charge in [-0.2, -0.15) is 0 Å². The molecular formula is C13H13ClN2O3S. The molecule has 2 rings (SSSR count). The summed E-state index contributed by atoms with van der Waals surface area (Å²) in [6.45, 7) is 1.79. The summed E-state index contributed by atoms with van der Waals surface area (Å²) in [6.07, 6.45) is 1.41. The highest BCUT2D eigenvalue weighted by Gasteiger charge is 2.15. The van der Waals surface area contributed by atoms with Crippen LogP contribution < -0.4 is 10.3 Å². The number of pyridine rings is 1. The lowest BCUT2D eigenvalue weighted by Crippen LogP contribution is -2.18. The summed E-state index contributed by atoms with van der Waals surface area (Å²) in [7, 11) is -2.19. The second-order valence-electron chi connectivity index (χ2n) is 4.38. The Morgan fingerprint density at radius 1 is 1.20 bits per heavy atom. The van der Waals surface area contributed by atoms with Crippen molar-refractivity contribution in [1.82, 2.24) is 4.57 Å². The zero-order valence-corrected chi connectivity index (χ0v) is 12.5. The van der Waals surface area contributed by atoms with Crippen molar-refractivity contribution in [2.45, 2.75) is 11.8 Å². The number of halogens is 1. The van der Waals surface area contributed by atoms with Gasteiger partial charge in [-0.25, -0.2) is 8.42 Å². The van der Waals surface area contributed by atoms with Crippen molar-refractivity contribution in [3.63, 3.8) is 0 Å². The van der Waals surface area contributed by atoms with E-state index in [1.807, 2.05) is 0 Å². The summed E-state index contributed by atoms with van der Waals surface area (Å²) < 4.78 is 28.1. The fraction of sp³-hybridized carbons (Fsp3) is 0.154. The lowest BCUT2D eigenvalue weighted by Gasteiger charge is -2.10. The second kappa shape index (κ2) is 5.30. The van der Waals surface area contributed by atoms with E-state index in [9.17, 15) is 13.2 Å². The Labute approximate surface area is 121 Å². The van der Waals surface area contributed by atoms with E-state index in [0.717, 1.165) is 5.56 Å². The molecule has 7 heteroatoms. The molecule has 20 heavy (non-hydrogen) atoms. The summed E-state index contributed by atoms with van der Waals surface area (Å²) in [5.74, 6) is 0. The van der Waals surface area contributed by atoms with E-state index in [2.05, 4.69) is 4.72 Å². The Bertz CT molecular complexity index is 813. The minimum Gasteiger partial charge on any atom is -0.316 e. The van der Waals surface area contributed by atoms with E-state index in [1.54, 1.807) is 20.0 Å². The summed E-state index contributed by atoms with van der Waals surface area (Å²) in [5, 5.41) is 0.383. The minimum atomic E-state index is -3.73. The van der Waals surface area contributed by atoms with Crippen molar-refractivity contribution in [2.75, 3.05) is 4.72 Å². The first-order valence-electron chi connectivity index (χ1n) is 5.75. The Balaban J connectivity index is 2.37. The number of rotatable bonds is 3. The molecule has 0 aliphatic heterocycles. The predicted octanol–water partition coefficient (Wildman–Crippen LogP) is 2.15. The Morgan fingerprint density at radius 2 is 1.90 bits per heavy atom. The molecule has 0 unspecified atom stereocenters. The number of nitrogens with one attached hydrogen (secondary N) is 1. The zero-order chi connectivity index (χ0) is 14.9. The fourth-order valence-electron chi connectivity index (χ4n) is 1.61. The summed E-state index contributed by atoms with van der Waals surface area (Å²) >= 11 is 5.93. The molecule has 1 heterocycles. The van der Waals surface area contributed by atoms with Crippen LogP contribution in [0, 0.1) is 6.92 Å². The fourth-order valence-corrected chi connectivity index (χ4v) is 2.92. The smallest absolute Gasteiger partial charge is 0.261 e. The molecule has 1 N–H and O–H groups in total. The molecule has 5 nitrogen and oxygen atoms in total. The van der Waals surface area contributed by atoms with Crippen LogP contribution in [-0.2, 0) is 17.1 Å². The highest BCUT2D eigenvalue weighted by atomic mass is 35.5. The molecule has 0 saturated carbocycles. The maximum absolute atomic E-state index is 12.2. The number of aryl methyl sites for hydroxylation is 2. The largest absolute Gasteiger partial charge is 0.316 e. The molecule has 0 bridgehead atoms. The van der Waals surface area contributed by atoms with Crippen molar-refractivity contribution >= 4 is 27.3 Å². The van der Waals surface area contributed by atoms with E-state index >= 15 is 0 Å². The van der Waals surface area contributed by atoms with E-state index < -0.39 is 10.0 Å². The van der Waals surface area contributed by atoms with E-state index in [4.69, 9.17) is 11.6 Å². The van der Waals surface area contributed by atoms with Gasteiger partial charge >= 0.3 is 0 Å². The molecule has 2 aromatic rings. The van der Waals surface area contributed by atoms with Gasteiger partial charge in [0.2, 0.25) is 5.56 Å². The third-order valence-electron chi connectivity index (χ3n) is 2.79. The highest BCUT2D eigenvalue weighted by Crippen LogP contribution is 2.21. The van der Waals surface area contributed by atoms with Crippen molar-refractivity contribution in [2.24, 2.45) is 7.05 Å². The third kappa shape index (κ3) is 3.02. The van der Waals surface area contributed by atoms with Gasteiger partial charge in [-0.1, -0.05) is 17.7 Å². The zero-order valence-electron chi connectivity index (χ0n) is 10.9. The summed E-state index contributed by atoms with van der Waals surface area (Å²) in [4.78, 5) is 11.3. The maximum atomic E-state index is 12.2. The Morgan fingerprint density at radius 3 is 2.50 bits per heavy atom. The first-order valence-corrected chi connectivity index (χ1v) is 7.61. The van der Waals surface area contributed by atoms with Gasteiger partial charge in [-0.15, -0.1) is 0 Å². The molecule has 0 amide bonds. The molecule has 0 radical (unpaired) electrons. The molecule has 0 aliphatic rings. The number of nitrogens with zero attached hydrogens (tertiary/aromatic N) is 1. The second-order valence-corrected chi connectivity index (χ2v) is 6.47. The van der Waals surface area contributed by atoms with Crippen LogP contribution in [0.5, 0.6) is 0 Å². The molecule has 0 atom stereocenters. The average Bonchev–Trinajstić information content (AvgIpc) is 2.37. The van der Waals surface area contributed by atoms with Gasteiger partial charge in [0.25, 0.3) is 10.0 Å². The van der Waals surface area contributed by atoms with Gasteiger partial charge in [-0.3, -0.25) is 9.52 Å². The Hall–Kier alpha value is -1.79. The van der Waals surface area contributed by atoms with Gasteiger partial charge < -0.3 is 4.57 Å². The van der Waals surface area contributed by atoms with Crippen LogP contribution in [0.3, 0.4) is 0 Å². The molecule has 106 valence electrons. The summed E-state index contributed by atoms with van der Waals surface area (Å²) in [6, 6.07) is 7.21. The third-order valence-corrected chi connectivity index (χ3v) is 4.58. The minimum absolute atomic E-state index is 0.0713. The molecular weight excluding hydrogens is 300 g/mol. The molecule has 0 fully saturated rings. The first kappa shape index (κ1) is 14.6. The molecule has 0 spiro atoms. The van der Waals surface area contributed by atoms with Crippen molar-refractivity contribution in [3.05, 3.63) is 57.5 Å². The number of sulfonamides is 1. The Kier molecular flexibility index (Phi) is 3.87. The van der Waals surface area contributed by atoms with Crippen LogP contribution in [0.4, 0.5) is 5.69 Å². The van der Waals surface area contributed by atoms with Gasteiger partial charge in [0.1, 0.15) is 0 Å². The van der Waals surface area contributed by atoms with Crippen LogP contribution in [0.2, 0.25) is 5.02 Å². The normalized spacial score (nSPS) is 11.3. The van der Waals surface area contributed by atoms with E-state index in [0.29, 0.717) is 10.7 Å². The van der Waals surface area contributed by atoms with E-state index in [-0.39, 0.29) is 10.5 Å². The van der Waals surface area contributed by atoms with Crippen molar-refractivity contribution in [1.29, 1.82) is 0 Å². The average molecular weight is 313 g/mol. The molecule has 1 aromatic carbocycles. The first-order chi connectivity index (χ1) is 9.29. The standard InChI is InChI=1S/C13H13ClN2O3S/c1-9-3-5-11(7-12(9)14)20(18,19)15-10-4-6-13(17)16(2)8-10/h3-8,15H,1-2H3. The van der Waals surface area contributed by atoms with Gasteiger partial charge in [0.15, 0.2) is 0 Å². The lowest BCUT2D eigenvalue weighted by atomic mass is 10.2. The van der Waals surface area contributed by atoms with Crippen LogP contribution in [-0.4, -0.2) is 13.0 Å². The quantitative estimate of drug-likeness (QED) is 0.944. The van der Waals surface area contributed by atoms with Gasteiger partial charge in [-0.05, 0) is 30.7 Å². The molecule has 0 aliphatic carbocycles. The van der Waals surface area contributed by atoms with Crippen LogP contribution >= 0.6 is 11.6 Å². The lowest BCUT2D eigenvalue weighted by molar-refractivity contribution is 0.601. The van der Waals surface area contributed by atoms with Crippen LogP contribution in [0.25, 0.3) is 0 Å². The van der Waals surface area contributed by atoms with Gasteiger partial charge in [0, 0.05) is 24.3 Å². The highest BCUT2D eigenvalue weighted by molar-refractivity contribution is 7.92. The number of hydrogen-bond donors (Lipinski definition) is 1.